The van der Waals surface area contributed by atoms with Gasteiger partial charge in [-0.3, -0.25) is 4.98 Å². The molecule has 0 aliphatic heterocycles. The smallest absolute Gasteiger partial charge is 0.120 e. The number of nitrogens with two attached hydrogens (primary N) is 1. The van der Waals surface area contributed by atoms with Crippen LogP contribution in [0.1, 0.15) is 31.1 Å². The second-order valence-corrected chi connectivity index (χ2v) is 3.12. The van der Waals surface area contributed by atoms with Crippen molar-refractivity contribution in [2.45, 2.75) is 19.9 Å². The second-order valence-electron chi connectivity index (χ2n) is 3.12. The first-order valence-corrected chi connectivity index (χ1v) is 4.68. The lowest BCUT2D eigenvalue weighted by atomic mass is 10.2. The summed E-state index contributed by atoms with van der Waals surface area (Å²) in [5, 5.41) is 0. The van der Waals surface area contributed by atoms with Crippen molar-refractivity contribution >= 4 is 5.76 Å². The average molecular weight is 192 g/mol. The van der Waals surface area contributed by atoms with Crippen molar-refractivity contribution in [3.63, 3.8) is 0 Å². The zero-order valence-electron chi connectivity index (χ0n) is 8.66. The molecule has 3 nitrogen and oxygen atoms in total. The molecule has 1 atom stereocenters. The predicted molar refractivity (Wildman–Crippen MR) is 57.5 cm³/mol. The summed E-state index contributed by atoms with van der Waals surface area (Å²) in [5.41, 5.74) is 7.45. The zero-order chi connectivity index (χ0) is 10.6. The molecule has 0 saturated carbocycles. The van der Waals surface area contributed by atoms with Gasteiger partial charge < -0.3 is 10.5 Å². The van der Waals surface area contributed by atoms with E-state index in [9.17, 15) is 0 Å². The second kappa shape index (κ2) is 4.77. The number of pyridine rings is 1. The lowest BCUT2D eigenvalue weighted by molar-refractivity contribution is 0.299. The van der Waals surface area contributed by atoms with Crippen LogP contribution in [0.4, 0.5) is 0 Å². The molecule has 0 aliphatic rings. The van der Waals surface area contributed by atoms with Gasteiger partial charge in [0.15, 0.2) is 0 Å². The maximum Gasteiger partial charge on any atom is 0.120 e. The molecule has 0 aromatic carbocycles. The van der Waals surface area contributed by atoms with Crippen LogP contribution in [-0.2, 0) is 4.74 Å². The first kappa shape index (κ1) is 10.7. The Kier molecular flexibility index (Phi) is 3.65. The van der Waals surface area contributed by atoms with E-state index in [4.69, 9.17) is 10.5 Å². The van der Waals surface area contributed by atoms with Gasteiger partial charge in [0.2, 0.25) is 0 Å². The summed E-state index contributed by atoms with van der Waals surface area (Å²) in [5.74, 6) is 0.649. The summed E-state index contributed by atoms with van der Waals surface area (Å²) in [6.07, 6.45) is 1.73. The molecule has 0 fully saturated rings. The number of hydrogen-bond acceptors (Lipinski definition) is 3. The van der Waals surface area contributed by atoms with Crippen molar-refractivity contribution in [1.29, 1.82) is 0 Å². The van der Waals surface area contributed by atoms with Gasteiger partial charge in [-0.25, -0.2) is 0 Å². The Bertz CT molecular complexity index is 304. The highest BCUT2D eigenvalue weighted by atomic mass is 16.5. The first-order valence-electron chi connectivity index (χ1n) is 4.68. The van der Waals surface area contributed by atoms with E-state index in [1.165, 1.54) is 0 Å². The van der Waals surface area contributed by atoms with E-state index in [-0.39, 0.29) is 6.04 Å². The van der Waals surface area contributed by atoms with Crippen molar-refractivity contribution in [2.75, 3.05) is 6.61 Å². The summed E-state index contributed by atoms with van der Waals surface area (Å²) >= 11 is 0. The minimum atomic E-state index is -0.0376. The molecule has 3 heteroatoms. The third-order valence-corrected chi connectivity index (χ3v) is 1.89. The van der Waals surface area contributed by atoms with Gasteiger partial charge in [-0.1, -0.05) is 6.58 Å². The summed E-state index contributed by atoms with van der Waals surface area (Å²) in [4.78, 5) is 4.22. The summed E-state index contributed by atoms with van der Waals surface area (Å²) in [6.45, 7) is 8.24. The van der Waals surface area contributed by atoms with Gasteiger partial charge in [0, 0.05) is 17.8 Å². The molecule has 2 N–H and O–H groups in total. The molecule has 0 aliphatic carbocycles. The average Bonchev–Trinajstić information content (AvgIpc) is 2.18. The minimum Gasteiger partial charge on any atom is -0.494 e. The number of nitrogens with zero attached hydrogens (tertiary/aromatic N) is 1. The van der Waals surface area contributed by atoms with Crippen molar-refractivity contribution in [3.8, 4) is 0 Å². The Morgan fingerprint density at radius 3 is 2.79 bits per heavy atom. The Balaban J connectivity index is 2.78. The third kappa shape index (κ3) is 2.57. The van der Waals surface area contributed by atoms with Crippen LogP contribution in [0.25, 0.3) is 5.76 Å². The molecule has 1 rings (SSSR count). The lowest BCUT2D eigenvalue weighted by Gasteiger charge is -2.08. The van der Waals surface area contributed by atoms with Gasteiger partial charge in [-0.15, -0.1) is 0 Å². The SMILES string of the molecule is C=C(OCC)c1ccc(C(C)N)nc1. The monoisotopic (exact) mass is 192 g/mol. The largest absolute Gasteiger partial charge is 0.494 e. The van der Waals surface area contributed by atoms with Crippen LogP contribution in [0.3, 0.4) is 0 Å². The molecule has 0 radical (unpaired) electrons. The number of hydrogen-bond donors (Lipinski definition) is 1. The maximum absolute atomic E-state index is 5.68. The first-order chi connectivity index (χ1) is 6.65. The van der Waals surface area contributed by atoms with Gasteiger partial charge in [0.25, 0.3) is 0 Å². The van der Waals surface area contributed by atoms with Crippen LogP contribution in [0, 0.1) is 0 Å². The molecular weight excluding hydrogens is 176 g/mol. The molecule has 0 bridgehead atoms. The molecule has 76 valence electrons. The fourth-order valence-electron chi connectivity index (χ4n) is 1.10. The highest BCUT2D eigenvalue weighted by Crippen LogP contribution is 2.14. The van der Waals surface area contributed by atoms with E-state index in [0.717, 1.165) is 11.3 Å². The van der Waals surface area contributed by atoms with Crippen LogP contribution < -0.4 is 5.73 Å². The zero-order valence-corrected chi connectivity index (χ0v) is 8.66. The Hall–Kier alpha value is -1.35. The van der Waals surface area contributed by atoms with Crippen molar-refractivity contribution in [2.24, 2.45) is 5.73 Å². The van der Waals surface area contributed by atoms with Crippen molar-refractivity contribution in [3.05, 3.63) is 36.2 Å². The summed E-state index contributed by atoms with van der Waals surface area (Å²) in [6, 6.07) is 3.78. The molecule has 0 spiro atoms. The topological polar surface area (TPSA) is 48.1 Å². The summed E-state index contributed by atoms with van der Waals surface area (Å²) in [7, 11) is 0. The van der Waals surface area contributed by atoms with E-state index in [1.807, 2.05) is 26.0 Å². The Morgan fingerprint density at radius 2 is 2.36 bits per heavy atom. The van der Waals surface area contributed by atoms with Crippen LogP contribution in [-0.4, -0.2) is 11.6 Å². The number of aromatic nitrogens is 1. The maximum atomic E-state index is 5.68. The molecule has 0 saturated heterocycles. The van der Waals surface area contributed by atoms with E-state index >= 15 is 0 Å². The molecular formula is C11H16N2O. The standard InChI is InChI=1S/C11H16N2O/c1-4-14-9(3)10-5-6-11(8(2)12)13-7-10/h5-8H,3-4,12H2,1-2H3. The van der Waals surface area contributed by atoms with Crippen LogP contribution in [0.5, 0.6) is 0 Å². The van der Waals surface area contributed by atoms with E-state index in [0.29, 0.717) is 12.4 Å². The van der Waals surface area contributed by atoms with E-state index in [2.05, 4.69) is 11.6 Å². The predicted octanol–water partition coefficient (Wildman–Crippen LogP) is 2.11. The van der Waals surface area contributed by atoms with E-state index in [1.54, 1.807) is 6.20 Å². The number of rotatable bonds is 4. The molecule has 1 heterocycles. The molecule has 1 aromatic heterocycles. The molecule has 1 unspecified atom stereocenters. The van der Waals surface area contributed by atoms with Gasteiger partial charge in [-0.2, -0.15) is 0 Å². The van der Waals surface area contributed by atoms with Gasteiger partial charge in [0.05, 0.1) is 12.3 Å². The normalized spacial score (nSPS) is 12.2. The van der Waals surface area contributed by atoms with Crippen LogP contribution in [0.2, 0.25) is 0 Å². The van der Waals surface area contributed by atoms with Crippen molar-refractivity contribution < 1.29 is 4.74 Å². The van der Waals surface area contributed by atoms with Crippen LogP contribution in [0.15, 0.2) is 24.9 Å². The molecule has 1 aromatic rings. The summed E-state index contributed by atoms with van der Waals surface area (Å²) < 4.78 is 5.26. The third-order valence-electron chi connectivity index (χ3n) is 1.89. The van der Waals surface area contributed by atoms with Gasteiger partial charge >= 0.3 is 0 Å². The Labute approximate surface area is 84.6 Å². The minimum absolute atomic E-state index is 0.0376. The highest BCUT2D eigenvalue weighted by molar-refractivity contribution is 5.56. The van der Waals surface area contributed by atoms with Gasteiger partial charge in [-0.05, 0) is 26.0 Å². The highest BCUT2D eigenvalue weighted by Gasteiger charge is 2.03. The fraction of sp³-hybridized carbons (Fsp3) is 0.364. The van der Waals surface area contributed by atoms with E-state index < -0.39 is 0 Å². The lowest BCUT2D eigenvalue weighted by Crippen LogP contribution is -2.07. The van der Waals surface area contributed by atoms with Gasteiger partial charge in [0.1, 0.15) is 5.76 Å². The quantitative estimate of drug-likeness (QED) is 0.743. The fourth-order valence-corrected chi connectivity index (χ4v) is 1.10. The van der Waals surface area contributed by atoms with Crippen LogP contribution >= 0.6 is 0 Å². The Morgan fingerprint density at radius 1 is 1.64 bits per heavy atom. The van der Waals surface area contributed by atoms with Crippen molar-refractivity contribution in [1.82, 2.24) is 4.98 Å². The molecule has 0 amide bonds. The molecule has 14 heavy (non-hydrogen) atoms. The number of ether oxygens (including phenoxy) is 1.